The maximum absolute atomic E-state index is 10.3. The zero-order valence-electron chi connectivity index (χ0n) is 17.0. The van der Waals surface area contributed by atoms with Gasteiger partial charge in [-0.3, -0.25) is 0 Å². The molecule has 0 saturated carbocycles. The molecule has 1 saturated heterocycles. The number of aryl methyl sites for hydroxylation is 1. The Morgan fingerprint density at radius 2 is 2.10 bits per heavy atom. The number of methoxy groups -OCH3 is 1. The van der Waals surface area contributed by atoms with Crippen LogP contribution in [0, 0.1) is 5.41 Å². The van der Waals surface area contributed by atoms with Crippen molar-refractivity contribution in [1.29, 1.82) is 0 Å². The van der Waals surface area contributed by atoms with Crippen molar-refractivity contribution in [2.24, 2.45) is 12.5 Å². The molecule has 3 heterocycles. The molecule has 7 nitrogen and oxygen atoms in total. The maximum Gasteiger partial charge on any atom is 0.160 e. The highest BCUT2D eigenvalue weighted by atomic mass is 16.5. The molecule has 152 valence electrons. The number of piperidine rings is 1. The van der Waals surface area contributed by atoms with Gasteiger partial charge in [0.05, 0.1) is 13.7 Å². The van der Waals surface area contributed by atoms with Gasteiger partial charge in [-0.1, -0.05) is 12.1 Å². The van der Waals surface area contributed by atoms with Crippen molar-refractivity contribution < 1.29 is 9.84 Å². The molecule has 1 aliphatic rings. The van der Waals surface area contributed by atoms with Crippen LogP contribution in [-0.2, 0) is 13.5 Å². The largest absolute Gasteiger partial charge is 0.497 e. The van der Waals surface area contributed by atoms with Crippen molar-refractivity contribution in [2.45, 2.75) is 19.3 Å². The lowest BCUT2D eigenvalue weighted by Crippen LogP contribution is -2.47. The standard InChI is InChI=1S/C22H27N5O2/c1-26-12-10-23-21(26)19-7-8-20(25-24-19)27-11-4-9-22(15-27,16-28)14-17-5-3-6-18(13-17)29-2/h3,5-8,10,12-13,28H,4,9,11,14-16H2,1-2H3/t22-/m1/s1. The number of hydrogen-bond donors (Lipinski definition) is 1. The van der Waals surface area contributed by atoms with E-state index in [-0.39, 0.29) is 12.0 Å². The Bertz CT molecular complexity index is 956. The van der Waals surface area contributed by atoms with Gasteiger partial charge in [0.1, 0.15) is 11.4 Å². The fourth-order valence-electron chi connectivity index (χ4n) is 4.17. The summed E-state index contributed by atoms with van der Waals surface area (Å²) in [6, 6.07) is 12.1. The van der Waals surface area contributed by atoms with E-state index in [0.717, 1.165) is 55.4 Å². The molecule has 0 bridgehead atoms. The second-order valence-corrected chi connectivity index (χ2v) is 7.85. The molecule has 1 aliphatic heterocycles. The molecule has 1 atom stereocenters. The molecule has 0 aliphatic carbocycles. The number of rotatable bonds is 6. The highest BCUT2D eigenvalue weighted by Crippen LogP contribution is 2.35. The van der Waals surface area contributed by atoms with Crippen molar-refractivity contribution in [3.63, 3.8) is 0 Å². The minimum Gasteiger partial charge on any atom is -0.497 e. The topological polar surface area (TPSA) is 76.3 Å². The van der Waals surface area contributed by atoms with Crippen molar-refractivity contribution in [2.75, 3.05) is 31.7 Å². The number of aromatic nitrogens is 4. The van der Waals surface area contributed by atoms with Crippen LogP contribution in [0.5, 0.6) is 5.75 Å². The first kappa shape index (κ1) is 19.4. The summed E-state index contributed by atoms with van der Waals surface area (Å²) in [6.07, 6.45) is 6.44. The monoisotopic (exact) mass is 393 g/mol. The second-order valence-electron chi connectivity index (χ2n) is 7.85. The zero-order valence-corrected chi connectivity index (χ0v) is 17.0. The summed E-state index contributed by atoms with van der Waals surface area (Å²) in [5.41, 5.74) is 1.73. The number of anilines is 1. The molecular weight excluding hydrogens is 366 g/mol. The summed E-state index contributed by atoms with van der Waals surface area (Å²) < 4.78 is 7.28. The summed E-state index contributed by atoms with van der Waals surface area (Å²) in [6.45, 7) is 1.80. The Morgan fingerprint density at radius 3 is 2.79 bits per heavy atom. The van der Waals surface area contributed by atoms with Gasteiger partial charge < -0.3 is 19.3 Å². The molecule has 0 unspecified atom stereocenters. The lowest BCUT2D eigenvalue weighted by atomic mass is 9.75. The van der Waals surface area contributed by atoms with E-state index in [0.29, 0.717) is 0 Å². The van der Waals surface area contributed by atoms with Gasteiger partial charge in [0.25, 0.3) is 0 Å². The van der Waals surface area contributed by atoms with Crippen LogP contribution in [0.2, 0.25) is 0 Å². The van der Waals surface area contributed by atoms with E-state index < -0.39 is 0 Å². The van der Waals surface area contributed by atoms with Gasteiger partial charge in [-0.05, 0) is 49.1 Å². The number of imidazole rings is 1. The Balaban J connectivity index is 1.52. The van der Waals surface area contributed by atoms with E-state index >= 15 is 0 Å². The average Bonchev–Trinajstić information content (AvgIpc) is 3.20. The highest BCUT2D eigenvalue weighted by Gasteiger charge is 2.36. The minimum absolute atomic E-state index is 0.138. The Morgan fingerprint density at radius 1 is 1.21 bits per heavy atom. The van der Waals surface area contributed by atoms with Crippen molar-refractivity contribution in [1.82, 2.24) is 19.7 Å². The molecule has 0 radical (unpaired) electrons. The molecule has 29 heavy (non-hydrogen) atoms. The summed E-state index contributed by atoms with van der Waals surface area (Å²) in [5.74, 6) is 2.48. The van der Waals surface area contributed by atoms with Gasteiger partial charge in [-0.2, -0.15) is 0 Å². The van der Waals surface area contributed by atoms with Gasteiger partial charge in [-0.25, -0.2) is 4.98 Å². The van der Waals surface area contributed by atoms with Gasteiger partial charge >= 0.3 is 0 Å². The van der Waals surface area contributed by atoms with Crippen LogP contribution >= 0.6 is 0 Å². The normalized spacial score (nSPS) is 19.3. The second kappa shape index (κ2) is 8.21. The van der Waals surface area contributed by atoms with E-state index in [4.69, 9.17) is 4.74 Å². The zero-order chi connectivity index (χ0) is 20.3. The number of aliphatic hydroxyl groups is 1. The van der Waals surface area contributed by atoms with E-state index in [1.54, 1.807) is 13.3 Å². The third-order valence-corrected chi connectivity index (χ3v) is 5.73. The molecule has 1 aromatic carbocycles. The lowest BCUT2D eigenvalue weighted by Gasteiger charge is -2.42. The Hall–Kier alpha value is -2.93. The first-order valence-electron chi connectivity index (χ1n) is 9.93. The Labute approximate surface area is 171 Å². The number of aliphatic hydroxyl groups excluding tert-OH is 1. The first-order valence-corrected chi connectivity index (χ1v) is 9.93. The summed E-state index contributed by atoms with van der Waals surface area (Å²) >= 11 is 0. The maximum atomic E-state index is 10.3. The van der Waals surface area contributed by atoms with Crippen molar-refractivity contribution in [3.8, 4) is 17.3 Å². The van der Waals surface area contributed by atoms with Crippen LogP contribution in [0.15, 0.2) is 48.8 Å². The average molecular weight is 393 g/mol. The van der Waals surface area contributed by atoms with Crippen LogP contribution in [0.3, 0.4) is 0 Å². The molecule has 3 aromatic rings. The van der Waals surface area contributed by atoms with E-state index in [1.165, 1.54) is 5.56 Å². The third kappa shape index (κ3) is 4.10. The van der Waals surface area contributed by atoms with Gasteiger partial charge in [0.2, 0.25) is 0 Å². The van der Waals surface area contributed by atoms with E-state index in [1.807, 2.05) is 42.1 Å². The fraction of sp³-hybridized carbons (Fsp3) is 0.409. The summed E-state index contributed by atoms with van der Waals surface area (Å²) in [4.78, 5) is 6.56. The smallest absolute Gasteiger partial charge is 0.160 e. The highest BCUT2D eigenvalue weighted by molar-refractivity contribution is 5.52. The molecule has 1 N–H and O–H groups in total. The van der Waals surface area contributed by atoms with Crippen LogP contribution in [0.4, 0.5) is 5.82 Å². The molecule has 1 fully saturated rings. The quantitative estimate of drug-likeness (QED) is 0.694. The number of nitrogens with zero attached hydrogens (tertiary/aromatic N) is 5. The minimum atomic E-state index is -0.204. The van der Waals surface area contributed by atoms with E-state index in [9.17, 15) is 5.11 Å². The third-order valence-electron chi connectivity index (χ3n) is 5.73. The number of hydrogen-bond acceptors (Lipinski definition) is 6. The van der Waals surface area contributed by atoms with Crippen LogP contribution in [-0.4, -0.2) is 51.7 Å². The molecule has 0 spiro atoms. The summed E-state index contributed by atoms with van der Waals surface area (Å²) in [7, 11) is 3.62. The molecule has 7 heteroatoms. The number of ether oxygens (including phenoxy) is 1. The van der Waals surface area contributed by atoms with Crippen LogP contribution in [0.25, 0.3) is 11.5 Å². The van der Waals surface area contributed by atoms with Crippen molar-refractivity contribution >= 4 is 5.82 Å². The SMILES string of the molecule is COc1cccc(C[C@]2(CO)CCCN(c3ccc(-c4nccn4C)nn3)C2)c1. The predicted octanol–water partition coefficient (Wildman–Crippen LogP) is 2.71. The summed E-state index contributed by atoms with van der Waals surface area (Å²) in [5, 5.41) is 19.1. The van der Waals surface area contributed by atoms with E-state index in [2.05, 4.69) is 32.2 Å². The van der Waals surface area contributed by atoms with Gasteiger partial charge in [-0.15, -0.1) is 10.2 Å². The molecule has 0 amide bonds. The van der Waals surface area contributed by atoms with Crippen LogP contribution in [0.1, 0.15) is 18.4 Å². The molecular formula is C22H27N5O2. The van der Waals surface area contributed by atoms with Gasteiger partial charge in [0.15, 0.2) is 11.6 Å². The first-order chi connectivity index (χ1) is 14.1. The lowest BCUT2D eigenvalue weighted by molar-refractivity contribution is 0.105. The van der Waals surface area contributed by atoms with Gasteiger partial charge in [0, 0.05) is 37.9 Å². The molecule has 4 rings (SSSR count). The van der Waals surface area contributed by atoms with Crippen molar-refractivity contribution in [3.05, 3.63) is 54.4 Å². The number of benzene rings is 1. The van der Waals surface area contributed by atoms with Crippen LogP contribution < -0.4 is 9.64 Å². The predicted molar refractivity (Wildman–Crippen MR) is 112 cm³/mol. The Kier molecular flexibility index (Phi) is 5.49. The fourth-order valence-corrected chi connectivity index (χ4v) is 4.17. The molecule has 2 aromatic heterocycles.